The standard InChI is InChI=1S/C19H15NO2/c21-18-11-17(19(22)16-8-4-3-7-15(16)18)20-10-9-13-5-1-2-6-14(13)12-20/h1-8,11H,9-10,12H2. The Hall–Kier alpha value is -2.68. The van der Waals surface area contributed by atoms with Crippen LogP contribution in [0.1, 0.15) is 31.8 Å². The molecule has 2 aliphatic rings. The van der Waals surface area contributed by atoms with Crippen LogP contribution in [0.4, 0.5) is 0 Å². The van der Waals surface area contributed by atoms with Gasteiger partial charge in [-0.3, -0.25) is 9.59 Å². The summed E-state index contributed by atoms with van der Waals surface area (Å²) in [5, 5.41) is 0. The van der Waals surface area contributed by atoms with Crippen LogP contribution < -0.4 is 0 Å². The Kier molecular flexibility index (Phi) is 2.93. The molecule has 0 fully saturated rings. The van der Waals surface area contributed by atoms with Crippen LogP contribution in [0.25, 0.3) is 0 Å². The lowest BCUT2D eigenvalue weighted by Crippen LogP contribution is -2.35. The fourth-order valence-corrected chi connectivity index (χ4v) is 3.24. The smallest absolute Gasteiger partial charge is 0.209 e. The number of Topliss-reactive ketones (excluding diaryl/α,β-unsaturated/α-hetero) is 1. The quantitative estimate of drug-likeness (QED) is 0.810. The molecule has 0 bridgehead atoms. The van der Waals surface area contributed by atoms with Crippen molar-refractivity contribution >= 4 is 11.6 Å². The molecule has 0 saturated heterocycles. The summed E-state index contributed by atoms with van der Waals surface area (Å²) in [6, 6.07) is 15.3. The van der Waals surface area contributed by atoms with Crippen molar-refractivity contribution in [3.8, 4) is 0 Å². The van der Waals surface area contributed by atoms with E-state index in [-0.39, 0.29) is 11.6 Å². The first kappa shape index (κ1) is 13.0. The van der Waals surface area contributed by atoms with E-state index >= 15 is 0 Å². The molecule has 3 nitrogen and oxygen atoms in total. The second kappa shape index (κ2) is 4.95. The van der Waals surface area contributed by atoms with Gasteiger partial charge in [0.1, 0.15) is 0 Å². The maximum absolute atomic E-state index is 12.7. The minimum Gasteiger partial charge on any atom is -0.364 e. The lowest BCUT2D eigenvalue weighted by atomic mass is 9.90. The Balaban J connectivity index is 1.70. The molecule has 108 valence electrons. The maximum atomic E-state index is 12.7. The summed E-state index contributed by atoms with van der Waals surface area (Å²) in [6.07, 6.45) is 2.40. The number of carbonyl (C=O) groups excluding carboxylic acids is 2. The number of ketones is 2. The first-order chi connectivity index (χ1) is 10.7. The molecule has 0 N–H and O–H groups in total. The van der Waals surface area contributed by atoms with Gasteiger partial charge in [0.2, 0.25) is 5.78 Å². The lowest BCUT2D eigenvalue weighted by Gasteiger charge is -2.33. The number of fused-ring (bicyclic) bond motifs is 2. The highest BCUT2D eigenvalue weighted by Gasteiger charge is 2.30. The van der Waals surface area contributed by atoms with Gasteiger partial charge in [0.25, 0.3) is 0 Å². The Morgan fingerprint density at radius 1 is 0.818 bits per heavy atom. The second-order valence-corrected chi connectivity index (χ2v) is 5.71. The normalized spacial score (nSPS) is 16.9. The molecule has 2 aromatic rings. The molecule has 0 aromatic heterocycles. The largest absolute Gasteiger partial charge is 0.364 e. The molecule has 1 heterocycles. The van der Waals surface area contributed by atoms with Crippen LogP contribution in [0.2, 0.25) is 0 Å². The first-order valence-electron chi connectivity index (χ1n) is 7.45. The minimum absolute atomic E-state index is 0.0467. The molecule has 0 amide bonds. The number of allylic oxidation sites excluding steroid dienone is 2. The summed E-state index contributed by atoms with van der Waals surface area (Å²) in [5.74, 6) is -0.126. The Bertz CT molecular complexity index is 820. The summed E-state index contributed by atoms with van der Waals surface area (Å²) in [6.45, 7) is 1.45. The van der Waals surface area contributed by atoms with E-state index in [2.05, 4.69) is 12.1 Å². The van der Waals surface area contributed by atoms with E-state index in [1.807, 2.05) is 17.0 Å². The van der Waals surface area contributed by atoms with Crippen LogP contribution in [0.5, 0.6) is 0 Å². The van der Waals surface area contributed by atoms with Gasteiger partial charge in [-0.15, -0.1) is 0 Å². The van der Waals surface area contributed by atoms with E-state index in [0.717, 1.165) is 13.0 Å². The first-order valence-corrected chi connectivity index (χ1v) is 7.45. The number of hydrogen-bond acceptors (Lipinski definition) is 3. The van der Waals surface area contributed by atoms with Crippen molar-refractivity contribution in [2.45, 2.75) is 13.0 Å². The molecule has 1 aliphatic heterocycles. The molecule has 22 heavy (non-hydrogen) atoms. The maximum Gasteiger partial charge on any atom is 0.209 e. The Morgan fingerprint density at radius 2 is 1.50 bits per heavy atom. The van der Waals surface area contributed by atoms with Gasteiger partial charge in [-0.2, -0.15) is 0 Å². The van der Waals surface area contributed by atoms with E-state index in [4.69, 9.17) is 0 Å². The van der Waals surface area contributed by atoms with Gasteiger partial charge in [-0.05, 0) is 17.5 Å². The van der Waals surface area contributed by atoms with E-state index in [1.165, 1.54) is 17.2 Å². The topological polar surface area (TPSA) is 37.4 Å². The summed E-state index contributed by atoms with van der Waals surface area (Å²) in [4.78, 5) is 27.0. The van der Waals surface area contributed by atoms with Crippen molar-refractivity contribution in [3.05, 3.63) is 82.6 Å². The van der Waals surface area contributed by atoms with Crippen molar-refractivity contribution < 1.29 is 9.59 Å². The zero-order chi connectivity index (χ0) is 15.1. The summed E-state index contributed by atoms with van der Waals surface area (Å²) in [5.41, 5.74) is 4.11. The monoisotopic (exact) mass is 289 g/mol. The molecule has 0 spiro atoms. The molecule has 0 unspecified atom stereocenters. The van der Waals surface area contributed by atoms with Crippen LogP contribution in [0.15, 0.2) is 60.3 Å². The van der Waals surface area contributed by atoms with Gasteiger partial charge in [0.05, 0.1) is 5.70 Å². The third-order valence-electron chi connectivity index (χ3n) is 4.41. The predicted octanol–water partition coefficient (Wildman–Crippen LogP) is 3.01. The summed E-state index contributed by atoms with van der Waals surface area (Å²) < 4.78 is 0. The average Bonchev–Trinajstić information content (AvgIpc) is 2.58. The Labute approximate surface area is 128 Å². The third kappa shape index (κ3) is 1.98. The van der Waals surface area contributed by atoms with Crippen molar-refractivity contribution in [1.82, 2.24) is 4.90 Å². The van der Waals surface area contributed by atoms with E-state index in [9.17, 15) is 9.59 Å². The second-order valence-electron chi connectivity index (χ2n) is 5.71. The minimum atomic E-state index is -0.0796. The van der Waals surface area contributed by atoms with Crippen LogP contribution in [0, 0.1) is 0 Å². The van der Waals surface area contributed by atoms with Crippen LogP contribution >= 0.6 is 0 Å². The number of rotatable bonds is 1. The zero-order valence-corrected chi connectivity index (χ0v) is 12.1. The zero-order valence-electron chi connectivity index (χ0n) is 12.1. The van der Waals surface area contributed by atoms with Gasteiger partial charge < -0.3 is 4.90 Å². The molecule has 3 heteroatoms. The van der Waals surface area contributed by atoms with Gasteiger partial charge >= 0.3 is 0 Å². The highest BCUT2D eigenvalue weighted by molar-refractivity contribution is 6.24. The van der Waals surface area contributed by atoms with Crippen LogP contribution in [0.3, 0.4) is 0 Å². The molecule has 4 rings (SSSR count). The molecular formula is C19H15NO2. The number of hydrogen-bond donors (Lipinski definition) is 0. The van der Waals surface area contributed by atoms with Gasteiger partial charge in [-0.25, -0.2) is 0 Å². The number of nitrogens with zero attached hydrogens (tertiary/aromatic N) is 1. The van der Waals surface area contributed by atoms with Gasteiger partial charge in [0, 0.05) is 30.3 Å². The SMILES string of the molecule is O=C1C=C(N2CCc3ccccc3C2)C(=O)c2ccccc21. The molecule has 2 aromatic carbocycles. The van der Waals surface area contributed by atoms with Crippen molar-refractivity contribution in [3.63, 3.8) is 0 Å². The van der Waals surface area contributed by atoms with Gasteiger partial charge in [-0.1, -0.05) is 48.5 Å². The third-order valence-corrected chi connectivity index (χ3v) is 4.41. The van der Waals surface area contributed by atoms with Crippen molar-refractivity contribution in [2.24, 2.45) is 0 Å². The molecule has 0 atom stereocenters. The van der Waals surface area contributed by atoms with Crippen molar-refractivity contribution in [2.75, 3.05) is 6.54 Å². The van der Waals surface area contributed by atoms with E-state index < -0.39 is 0 Å². The Morgan fingerprint density at radius 3 is 2.32 bits per heavy atom. The lowest BCUT2D eigenvalue weighted by molar-refractivity contribution is 0.0946. The predicted molar refractivity (Wildman–Crippen MR) is 83.7 cm³/mol. The molecular weight excluding hydrogens is 274 g/mol. The van der Waals surface area contributed by atoms with Crippen LogP contribution in [-0.4, -0.2) is 23.0 Å². The molecule has 0 radical (unpaired) electrons. The molecule has 0 saturated carbocycles. The number of benzene rings is 2. The van der Waals surface area contributed by atoms with E-state index in [0.29, 0.717) is 23.4 Å². The summed E-state index contributed by atoms with van der Waals surface area (Å²) in [7, 11) is 0. The molecule has 1 aliphatic carbocycles. The fourth-order valence-electron chi connectivity index (χ4n) is 3.24. The average molecular weight is 289 g/mol. The van der Waals surface area contributed by atoms with E-state index in [1.54, 1.807) is 24.3 Å². The van der Waals surface area contributed by atoms with Crippen LogP contribution in [-0.2, 0) is 13.0 Å². The highest BCUT2D eigenvalue weighted by atomic mass is 16.1. The highest BCUT2D eigenvalue weighted by Crippen LogP contribution is 2.27. The number of carbonyl (C=O) groups is 2. The van der Waals surface area contributed by atoms with Crippen molar-refractivity contribution in [1.29, 1.82) is 0 Å². The summed E-state index contributed by atoms with van der Waals surface area (Å²) >= 11 is 0. The fraction of sp³-hybridized carbons (Fsp3) is 0.158. The van der Waals surface area contributed by atoms with Gasteiger partial charge in [0.15, 0.2) is 5.78 Å².